The van der Waals surface area contributed by atoms with Crippen LogP contribution in [0.5, 0.6) is 0 Å². The Morgan fingerprint density at radius 2 is 2.15 bits per heavy atom. The molecule has 0 N–H and O–H groups in total. The fraction of sp³-hybridized carbons (Fsp3) is 0.625. The SMILES string of the molecule is CC12C=CC(O1)C(Cl)(Cl)C(=O)C2Cl. The highest BCUT2D eigenvalue weighted by atomic mass is 35.5. The molecule has 0 aromatic rings. The van der Waals surface area contributed by atoms with E-state index >= 15 is 0 Å². The van der Waals surface area contributed by atoms with Crippen LogP contribution in [0.25, 0.3) is 0 Å². The first-order valence-electron chi connectivity index (χ1n) is 3.81. The van der Waals surface area contributed by atoms with Crippen molar-refractivity contribution in [2.45, 2.75) is 28.3 Å². The average Bonchev–Trinajstić information content (AvgIpc) is 2.43. The normalized spacial score (nSPS) is 46.9. The molecule has 0 radical (unpaired) electrons. The van der Waals surface area contributed by atoms with E-state index in [0.717, 1.165) is 0 Å². The van der Waals surface area contributed by atoms with Crippen molar-refractivity contribution in [3.8, 4) is 0 Å². The fourth-order valence-electron chi connectivity index (χ4n) is 1.54. The number of halogens is 3. The summed E-state index contributed by atoms with van der Waals surface area (Å²) in [5.41, 5.74) is -0.753. The van der Waals surface area contributed by atoms with Crippen LogP contribution in [-0.4, -0.2) is 27.2 Å². The summed E-state index contributed by atoms with van der Waals surface area (Å²) in [5.74, 6) is -0.388. The standard InChI is InChI=1S/C8H7Cl3O2/c1-7-3-2-4(13-7)8(10,11)6(12)5(7)9/h2-5H,1H3. The highest BCUT2D eigenvalue weighted by Crippen LogP contribution is 2.46. The molecule has 2 nitrogen and oxygen atoms in total. The molecule has 2 heterocycles. The van der Waals surface area contributed by atoms with Crippen LogP contribution in [0.2, 0.25) is 0 Å². The molecule has 5 heteroatoms. The van der Waals surface area contributed by atoms with Crippen LogP contribution in [0.3, 0.4) is 0 Å². The topological polar surface area (TPSA) is 26.3 Å². The molecular weight excluding hydrogens is 234 g/mol. The largest absolute Gasteiger partial charge is 0.358 e. The fourth-order valence-corrected chi connectivity index (χ4v) is 2.40. The van der Waals surface area contributed by atoms with Crippen molar-refractivity contribution in [1.82, 2.24) is 0 Å². The third kappa shape index (κ3) is 1.16. The Morgan fingerprint density at radius 1 is 1.54 bits per heavy atom. The molecular formula is C8H7Cl3O2. The number of ether oxygens (including phenoxy) is 1. The summed E-state index contributed by atoms with van der Waals surface area (Å²) in [6.45, 7) is 1.74. The van der Waals surface area contributed by atoms with Gasteiger partial charge < -0.3 is 4.74 Å². The third-order valence-electron chi connectivity index (χ3n) is 2.40. The Balaban J connectivity index is 2.45. The maximum absolute atomic E-state index is 11.6. The quantitative estimate of drug-likeness (QED) is 0.479. The molecule has 2 aliphatic rings. The monoisotopic (exact) mass is 240 g/mol. The van der Waals surface area contributed by atoms with Gasteiger partial charge in [0.05, 0.1) is 0 Å². The van der Waals surface area contributed by atoms with Gasteiger partial charge in [0, 0.05) is 0 Å². The minimum absolute atomic E-state index is 0.388. The van der Waals surface area contributed by atoms with Crippen LogP contribution in [0.15, 0.2) is 12.2 Å². The number of carbonyl (C=O) groups excluding carboxylic acids is 1. The molecule has 2 aliphatic heterocycles. The van der Waals surface area contributed by atoms with E-state index in [9.17, 15) is 4.79 Å². The average molecular weight is 242 g/mol. The molecule has 2 rings (SSSR count). The Kier molecular flexibility index (Phi) is 1.98. The van der Waals surface area contributed by atoms with E-state index in [1.54, 1.807) is 19.1 Å². The molecule has 1 fully saturated rings. The molecule has 3 atom stereocenters. The molecule has 13 heavy (non-hydrogen) atoms. The van der Waals surface area contributed by atoms with Crippen molar-refractivity contribution in [3.63, 3.8) is 0 Å². The van der Waals surface area contributed by atoms with E-state index < -0.39 is 21.4 Å². The molecule has 1 saturated heterocycles. The molecule has 0 amide bonds. The number of fused-ring (bicyclic) bond motifs is 2. The molecule has 0 aromatic heterocycles. The van der Waals surface area contributed by atoms with E-state index in [2.05, 4.69) is 0 Å². The number of alkyl halides is 3. The van der Waals surface area contributed by atoms with Crippen molar-refractivity contribution in [1.29, 1.82) is 0 Å². The van der Waals surface area contributed by atoms with Crippen molar-refractivity contribution in [3.05, 3.63) is 12.2 Å². The van der Waals surface area contributed by atoms with Crippen LogP contribution in [0, 0.1) is 0 Å². The number of hydrogen-bond acceptors (Lipinski definition) is 2. The third-order valence-corrected chi connectivity index (χ3v) is 3.84. The van der Waals surface area contributed by atoms with Gasteiger partial charge in [-0.3, -0.25) is 4.79 Å². The summed E-state index contributed by atoms with van der Waals surface area (Å²) in [4.78, 5) is 11.6. The first-order chi connectivity index (χ1) is 5.88. The minimum Gasteiger partial charge on any atom is -0.358 e. The molecule has 0 aromatic carbocycles. The van der Waals surface area contributed by atoms with E-state index in [4.69, 9.17) is 39.5 Å². The summed E-state index contributed by atoms with van der Waals surface area (Å²) in [5, 5.41) is -0.822. The van der Waals surface area contributed by atoms with Gasteiger partial charge in [-0.2, -0.15) is 0 Å². The van der Waals surface area contributed by atoms with Crippen LogP contribution < -0.4 is 0 Å². The predicted octanol–water partition coefficient (Wildman–Crippen LogP) is 2.06. The summed E-state index contributed by atoms with van der Waals surface area (Å²) in [7, 11) is 0. The first kappa shape index (κ1) is 9.78. The molecule has 0 aliphatic carbocycles. The lowest BCUT2D eigenvalue weighted by Gasteiger charge is -2.39. The van der Waals surface area contributed by atoms with Crippen LogP contribution in [0.1, 0.15) is 6.92 Å². The number of rotatable bonds is 0. The lowest BCUT2D eigenvalue weighted by atomic mass is 9.96. The lowest BCUT2D eigenvalue weighted by Crippen LogP contribution is -2.57. The van der Waals surface area contributed by atoms with E-state index in [1.807, 2.05) is 0 Å². The zero-order chi connectivity index (χ0) is 9.85. The van der Waals surface area contributed by atoms with Crippen molar-refractivity contribution < 1.29 is 9.53 Å². The minimum atomic E-state index is -1.54. The number of ketones is 1. The predicted molar refractivity (Wildman–Crippen MR) is 51.5 cm³/mol. The molecule has 3 unspecified atom stereocenters. The van der Waals surface area contributed by atoms with E-state index in [-0.39, 0.29) is 5.78 Å². The molecule has 2 bridgehead atoms. The highest BCUT2D eigenvalue weighted by molar-refractivity contribution is 6.62. The van der Waals surface area contributed by atoms with Gasteiger partial charge in [0.25, 0.3) is 0 Å². The second-order valence-electron chi connectivity index (χ2n) is 3.43. The summed E-state index contributed by atoms with van der Waals surface area (Å²) in [6.07, 6.45) is 2.84. The van der Waals surface area contributed by atoms with Crippen molar-refractivity contribution in [2.24, 2.45) is 0 Å². The van der Waals surface area contributed by atoms with Gasteiger partial charge >= 0.3 is 0 Å². The molecule has 0 spiro atoms. The Bertz CT molecular complexity index is 300. The van der Waals surface area contributed by atoms with Crippen LogP contribution >= 0.6 is 34.8 Å². The van der Waals surface area contributed by atoms with Gasteiger partial charge in [-0.25, -0.2) is 0 Å². The van der Waals surface area contributed by atoms with Crippen molar-refractivity contribution in [2.75, 3.05) is 0 Å². The van der Waals surface area contributed by atoms with Crippen LogP contribution in [-0.2, 0) is 9.53 Å². The lowest BCUT2D eigenvalue weighted by molar-refractivity contribution is -0.135. The Hall–Kier alpha value is 0.240. The zero-order valence-electron chi connectivity index (χ0n) is 6.76. The smallest absolute Gasteiger partial charge is 0.206 e. The van der Waals surface area contributed by atoms with Gasteiger partial charge in [0.15, 0.2) is 5.78 Å². The Morgan fingerprint density at radius 3 is 2.77 bits per heavy atom. The highest BCUT2D eigenvalue weighted by Gasteiger charge is 2.59. The van der Waals surface area contributed by atoms with Crippen LogP contribution in [0.4, 0.5) is 0 Å². The molecule has 72 valence electrons. The number of carbonyl (C=O) groups is 1. The summed E-state index contributed by atoms with van der Waals surface area (Å²) in [6, 6.07) is 0. The van der Waals surface area contributed by atoms with Gasteiger partial charge in [0.1, 0.15) is 17.1 Å². The Labute approximate surface area is 90.8 Å². The van der Waals surface area contributed by atoms with Gasteiger partial charge in [-0.1, -0.05) is 35.4 Å². The van der Waals surface area contributed by atoms with Gasteiger partial charge in [0.2, 0.25) is 4.33 Å². The second kappa shape index (κ2) is 2.63. The number of hydrogen-bond donors (Lipinski definition) is 0. The second-order valence-corrected chi connectivity index (χ2v) is 5.25. The van der Waals surface area contributed by atoms with E-state index in [1.165, 1.54) is 0 Å². The van der Waals surface area contributed by atoms with Gasteiger partial charge in [-0.05, 0) is 6.92 Å². The first-order valence-corrected chi connectivity index (χ1v) is 5.00. The zero-order valence-corrected chi connectivity index (χ0v) is 9.03. The maximum Gasteiger partial charge on any atom is 0.206 e. The maximum atomic E-state index is 11.6. The van der Waals surface area contributed by atoms with E-state index in [0.29, 0.717) is 0 Å². The summed E-state index contributed by atoms with van der Waals surface area (Å²) >= 11 is 17.5. The molecule has 0 saturated carbocycles. The van der Waals surface area contributed by atoms with Crippen molar-refractivity contribution >= 4 is 40.6 Å². The summed E-state index contributed by atoms with van der Waals surface area (Å²) < 4.78 is 3.91. The number of Topliss-reactive ketones (excluding diaryl/α,β-unsaturated/α-hetero) is 1. The van der Waals surface area contributed by atoms with Gasteiger partial charge in [-0.15, -0.1) is 11.6 Å².